The standard InChI is InChI=1S/C21H17N5O2S2/c1-14-7-8-16(11-18(14)26(27)28)15(2)24-25-19(20-6-4-10-29-20)13-30-21(25)23-17-5-3-9-22-12-17/h3-13H,1-2H3. The number of thiophene rings is 1. The van der Waals surface area contributed by atoms with Crippen LogP contribution < -0.4 is 4.80 Å². The number of hydrogen-bond acceptors (Lipinski definition) is 7. The van der Waals surface area contributed by atoms with Gasteiger partial charge >= 0.3 is 0 Å². The molecule has 0 unspecified atom stereocenters. The number of rotatable bonds is 5. The van der Waals surface area contributed by atoms with Crippen molar-refractivity contribution in [2.24, 2.45) is 10.1 Å². The quantitative estimate of drug-likeness (QED) is 0.239. The van der Waals surface area contributed by atoms with Crippen molar-refractivity contribution in [1.82, 2.24) is 9.66 Å². The van der Waals surface area contributed by atoms with E-state index in [4.69, 9.17) is 5.10 Å². The number of benzene rings is 1. The van der Waals surface area contributed by atoms with Gasteiger partial charge in [0.2, 0.25) is 4.80 Å². The average Bonchev–Trinajstić information content (AvgIpc) is 3.39. The van der Waals surface area contributed by atoms with Gasteiger partial charge in [-0.3, -0.25) is 15.1 Å². The van der Waals surface area contributed by atoms with Gasteiger partial charge in [-0.15, -0.1) is 22.7 Å². The Morgan fingerprint density at radius 2 is 2.07 bits per heavy atom. The highest BCUT2D eigenvalue weighted by Crippen LogP contribution is 2.26. The van der Waals surface area contributed by atoms with Gasteiger partial charge in [0, 0.05) is 28.8 Å². The molecule has 30 heavy (non-hydrogen) atoms. The van der Waals surface area contributed by atoms with E-state index in [1.807, 2.05) is 48.0 Å². The first-order valence-electron chi connectivity index (χ1n) is 9.03. The Labute approximate surface area is 180 Å². The number of nitro groups is 1. The topological polar surface area (TPSA) is 85.7 Å². The van der Waals surface area contributed by atoms with Crippen molar-refractivity contribution in [3.63, 3.8) is 0 Å². The lowest BCUT2D eigenvalue weighted by molar-refractivity contribution is -0.385. The van der Waals surface area contributed by atoms with Crippen molar-refractivity contribution in [1.29, 1.82) is 0 Å². The SMILES string of the molecule is CC(=Nn1c(-c2cccs2)csc1=Nc1cccnc1)c1ccc(C)c([N+](=O)[O-])c1. The predicted octanol–water partition coefficient (Wildman–Crippen LogP) is 5.39. The Morgan fingerprint density at radius 1 is 1.20 bits per heavy atom. The molecular weight excluding hydrogens is 418 g/mol. The molecule has 0 spiro atoms. The molecular formula is C21H17N5O2S2. The summed E-state index contributed by atoms with van der Waals surface area (Å²) in [5.41, 5.74) is 3.68. The minimum atomic E-state index is -0.371. The van der Waals surface area contributed by atoms with Crippen molar-refractivity contribution in [3.8, 4) is 10.6 Å². The number of aromatic nitrogens is 2. The summed E-state index contributed by atoms with van der Waals surface area (Å²) < 4.78 is 1.78. The van der Waals surface area contributed by atoms with Gasteiger partial charge in [0.25, 0.3) is 5.69 Å². The largest absolute Gasteiger partial charge is 0.272 e. The first-order valence-corrected chi connectivity index (χ1v) is 10.8. The molecule has 4 aromatic rings. The van der Waals surface area contributed by atoms with Crippen molar-refractivity contribution >= 4 is 39.8 Å². The summed E-state index contributed by atoms with van der Waals surface area (Å²) in [6, 6.07) is 12.9. The zero-order valence-corrected chi connectivity index (χ0v) is 17.9. The molecule has 0 aliphatic heterocycles. The third-order valence-electron chi connectivity index (χ3n) is 4.40. The number of thiazole rings is 1. The number of pyridine rings is 1. The average molecular weight is 436 g/mol. The fourth-order valence-corrected chi connectivity index (χ4v) is 4.48. The maximum absolute atomic E-state index is 11.3. The molecule has 0 aliphatic rings. The van der Waals surface area contributed by atoms with Crippen LogP contribution in [0.5, 0.6) is 0 Å². The summed E-state index contributed by atoms with van der Waals surface area (Å²) in [6.45, 7) is 3.56. The monoisotopic (exact) mass is 435 g/mol. The van der Waals surface area contributed by atoms with Gasteiger partial charge in [0.15, 0.2) is 0 Å². The Bertz CT molecular complexity index is 1290. The molecule has 0 fully saturated rings. The van der Waals surface area contributed by atoms with Crippen LogP contribution in [0, 0.1) is 17.0 Å². The van der Waals surface area contributed by atoms with Gasteiger partial charge in [-0.1, -0.05) is 18.2 Å². The molecule has 0 saturated heterocycles. The number of nitrogens with zero attached hydrogens (tertiary/aromatic N) is 5. The van der Waals surface area contributed by atoms with Crippen LogP contribution in [-0.2, 0) is 0 Å². The van der Waals surface area contributed by atoms with Crippen molar-refractivity contribution in [3.05, 3.63) is 91.7 Å². The van der Waals surface area contributed by atoms with E-state index < -0.39 is 0 Å². The molecule has 4 rings (SSSR count). The third kappa shape index (κ3) is 4.12. The smallest absolute Gasteiger partial charge is 0.262 e. The summed E-state index contributed by atoms with van der Waals surface area (Å²) >= 11 is 3.09. The zero-order chi connectivity index (χ0) is 21.1. The molecule has 0 N–H and O–H groups in total. The lowest BCUT2D eigenvalue weighted by Crippen LogP contribution is -2.13. The van der Waals surface area contributed by atoms with E-state index in [0.29, 0.717) is 21.6 Å². The van der Waals surface area contributed by atoms with Crippen LogP contribution in [0.25, 0.3) is 10.6 Å². The summed E-state index contributed by atoms with van der Waals surface area (Å²) in [4.78, 5) is 21.5. The van der Waals surface area contributed by atoms with Crippen LogP contribution in [0.15, 0.2) is 75.7 Å². The van der Waals surface area contributed by atoms with E-state index in [1.54, 1.807) is 47.5 Å². The van der Waals surface area contributed by atoms with Gasteiger partial charge in [-0.05, 0) is 37.4 Å². The number of hydrogen-bond donors (Lipinski definition) is 0. The maximum Gasteiger partial charge on any atom is 0.272 e. The normalized spacial score (nSPS) is 12.3. The lowest BCUT2D eigenvalue weighted by Gasteiger charge is -2.06. The Kier molecular flexibility index (Phi) is 5.64. The van der Waals surface area contributed by atoms with E-state index in [2.05, 4.69) is 9.98 Å². The maximum atomic E-state index is 11.3. The summed E-state index contributed by atoms with van der Waals surface area (Å²) in [5.74, 6) is 0. The molecule has 9 heteroatoms. The molecule has 3 aromatic heterocycles. The molecule has 0 atom stereocenters. The van der Waals surface area contributed by atoms with Crippen LogP contribution in [0.3, 0.4) is 0 Å². The molecule has 0 bridgehead atoms. The third-order valence-corrected chi connectivity index (χ3v) is 6.11. The van der Waals surface area contributed by atoms with Crippen LogP contribution in [-0.4, -0.2) is 20.3 Å². The highest BCUT2D eigenvalue weighted by atomic mass is 32.1. The molecule has 0 aliphatic carbocycles. The van der Waals surface area contributed by atoms with Gasteiger partial charge in [0.1, 0.15) is 0 Å². The Hall–Kier alpha value is -3.43. The molecule has 3 heterocycles. The highest BCUT2D eigenvalue weighted by Gasteiger charge is 2.14. The Balaban J connectivity index is 1.87. The van der Waals surface area contributed by atoms with Gasteiger partial charge in [-0.2, -0.15) is 5.10 Å². The van der Waals surface area contributed by atoms with E-state index in [0.717, 1.165) is 16.3 Å². The first kappa shape index (κ1) is 19.9. The molecule has 0 saturated carbocycles. The van der Waals surface area contributed by atoms with E-state index in [1.165, 1.54) is 11.3 Å². The minimum Gasteiger partial charge on any atom is -0.262 e. The van der Waals surface area contributed by atoms with Crippen LogP contribution in [0.4, 0.5) is 11.4 Å². The van der Waals surface area contributed by atoms with E-state index >= 15 is 0 Å². The van der Waals surface area contributed by atoms with E-state index in [9.17, 15) is 10.1 Å². The first-order chi connectivity index (χ1) is 14.5. The second-order valence-electron chi connectivity index (χ2n) is 6.46. The van der Waals surface area contributed by atoms with E-state index in [-0.39, 0.29) is 10.6 Å². The highest BCUT2D eigenvalue weighted by molar-refractivity contribution is 7.14. The van der Waals surface area contributed by atoms with Gasteiger partial charge < -0.3 is 0 Å². The fourth-order valence-electron chi connectivity index (χ4n) is 2.84. The van der Waals surface area contributed by atoms with Gasteiger partial charge in [-0.25, -0.2) is 9.67 Å². The van der Waals surface area contributed by atoms with Crippen LogP contribution in [0.2, 0.25) is 0 Å². The predicted molar refractivity (Wildman–Crippen MR) is 121 cm³/mol. The summed E-state index contributed by atoms with van der Waals surface area (Å²) in [5, 5.41) is 20.1. The number of aryl methyl sites for hydroxylation is 1. The van der Waals surface area contributed by atoms with Crippen molar-refractivity contribution < 1.29 is 4.92 Å². The number of nitro benzene ring substituents is 1. The second kappa shape index (κ2) is 8.52. The fraction of sp³-hybridized carbons (Fsp3) is 0.0952. The van der Waals surface area contributed by atoms with Crippen LogP contribution >= 0.6 is 22.7 Å². The zero-order valence-electron chi connectivity index (χ0n) is 16.2. The Morgan fingerprint density at radius 3 is 2.77 bits per heavy atom. The lowest BCUT2D eigenvalue weighted by atomic mass is 10.1. The molecule has 0 amide bonds. The van der Waals surface area contributed by atoms with Crippen molar-refractivity contribution in [2.75, 3.05) is 0 Å². The molecule has 150 valence electrons. The van der Waals surface area contributed by atoms with Crippen LogP contribution in [0.1, 0.15) is 18.1 Å². The van der Waals surface area contributed by atoms with Gasteiger partial charge in [0.05, 0.1) is 33.1 Å². The van der Waals surface area contributed by atoms with Crippen molar-refractivity contribution in [2.45, 2.75) is 13.8 Å². The minimum absolute atomic E-state index is 0.0797. The molecule has 1 aromatic carbocycles. The summed E-state index contributed by atoms with van der Waals surface area (Å²) in [6.07, 6.45) is 3.39. The second-order valence-corrected chi connectivity index (χ2v) is 8.24. The molecule has 7 nitrogen and oxygen atoms in total. The summed E-state index contributed by atoms with van der Waals surface area (Å²) in [7, 11) is 0. The molecule has 0 radical (unpaired) electrons.